The second-order valence-corrected chi connectivity index (χ2v) is 9.89. The number of pyridine rings is 1. The Bertz CT molecular complexity index is 1210. The van der Waals surface area contributed by atoms with Gasteiger partial charge in [-0.2, -0.15) is 0 Å². The third-order valence-corrected chi connectivity index (χ3v) is 6.81. The van der Waals surface area contributed by atoms with Crippen LogP contribution in [0.25, 0.3) is 11.1 Å². The van der Waals surface area contributed by atoms with Gasteiger partial charge >= 0.3 is 0 Å². The fraction of sp³-hybridized carbons (Fsp3) is 0.280. The number of amides is 1. The van der Waals surface area contributed by atoms with Gasteiger partial charge in [-0.1, -0.05) is 42.5 Å². The standard InChI is InChI=1S/C25H27N3O3S/c1-18-14-22(20-6-3-2-4-7-20)16-24(27-18)21-8-5-13-28(17-21)25(29)15-19-9-11-23(12-10-19)32(26,30)31/h2-4,6-7,9-12,14,16,21H,5,8,13,15,17H2,1H3,(H2,26,30,31)/t21-/m0/s1. The third-order valence-electron chi connectivity index (χ3n) is 5.88. The van der Waals surface area contributed by atoms with Crippen molar-refractivity contribution in [2.75, 3.05) is 13.1 Å². The van der Waals surface area contributed by atoms with Gasteiger partial charge in [0.05, 0.1) is 11.3 Å². The number of hydrogen-bond donors (Lipinski definition) is 1. The lowest BCUT2D eigenvalue weighted by atomic mass is 9.92. The van der Waals surface area contributed by atoms with E-state index in [-0.39, 0.29) is 23.1 Å². The number of primary sulfonamides is 1. The number of sulfonamides is 1. The molecule has 0 radical (unpaired) electrons. The molecule has 2 aromatic carbocycles. The van der Waals surface area contributed by atoms with Gasteiger partial charge in [-0.3, -0.25) is 9.78 Å². The summed E-state index contributed by atoms with van der Waals surface area (Å²) in [5, 5.41) is 5.14. The molecule has 166 valence electrons. The Morgan fingerprint density at radius 3 is 2.47 bits per heavy atom. The maximum absolute atomic E-state index is 12.9. The molecule has 1 atom stereocenters. The van der Waals surface area contributed by atoms with E-state index in [1.165, 1.54) is 12.1 Å². The number of aromatic nitrogens is 1. The van der Waals surface area contributed by atoms with Crippen LogP contribution in [0.5, 0.6) is 0 Å². The van der Waals surface area contributed by atoms with Crippen molar-refractivity contribution in [3.8, 4) is 11.1 Å². The first-order valence-corrected chi connectivity index (χ1v) is 12.3. The molecule has 4 rings (SSSR count). The van der Waals surface area contributed by atoms with Gasteiger partial charge in [0.25, 0.3) is 0 Å². The van der Waals surface area contributed by atoms with E-state index in [0.29, 0.717) is 6.54 Å². The van der Waals surface area contributed by atoms with Crippen LogP contribution in [0, 0.1) is 6.92 Å². The number of hydrogen-bond acceptors (Lipinski definition) is 4. The quantitative estimate of drug-likeness (QED) is 0.643. The minimum atomic E-state index is -3.74. The first kappa shape index (κ1) is 22.2. The molecular formula is C25H27N3O3S. The number of carbonyl (C=O) groups excluding carboxylic acids is 1. The Balaban J connectivity index is 1.48. The molecule has 1 aliphatic heterocycles. The lowest BCUT2D eigenvalue weighted by Crippen LogP contribution is -2.40. The monoisotopic (exact) mass is 449 g/mol. The Kier molecular flexibility index (Phi) is 6.39. The highest BCUT2D eigenvalue weighted by atomic mass is 32.2. The van der Waals surface area contributed by atoms with E-state index in [2.05, 4.69) is 24.3 Å². The van der Waals surface area contributed by atoms with Crippen molar-refractivity contribution in [3.63, 3.8) is 0 Å². The van der Waals surface area contributed by atoms with Gasteiger partial charge in [0.15, 0.2) is 0 Å². The van der Waals surface area contributed by atoms with Crippen LogP contribution in [-0.2, 0) is 21.2 Å². The molecule has 0 aliphatic carbocycles. The molecule has 1 amide bonds. The van der Waals surface area contributed by atoms with Crippen molar-refractivity contribution in [3.05, 3.63) is 83.7 Å². The minimum absolute atomic E-state index is 0.0361. The van der Waals surface area contributed by atoms with Crippen LogP contribution in [0.1, 0.15) is 35.7 Å². The van der Waals surface area contributed by atoms with Gasteiger partial charge in [-0.25, -0.2) is 13.6 Å². The van der Waals surface area contributed by atoms with E-state index in [1.54, 1.807) is 12.1 Å². The van der Waals surface area contributed by atoms with Crippen LogP contribution in [0.2, 0.25) is 0 Å². The summed E-state index contributed by atoms with van der Waals surface area (Å²) in [5.41, 5.74) is 5.07. The highest BCUT2D eigenvalue weighted by Crippen LogP contribution is 2.30. The molecule has 0 bridgehead atoms. The van der Waals surface area contributed by atoms with Gasteiger partial charge in [-0.05, 0) is 60.7 Å². The van der Waals surface area contributed by atoms with E-state index in [1.807, 2.05) is 30.0 Å². The Morgan fingerprint density at radius 2 is 1.78 bits per heavy atom. The summed E-state index contributed by atoms with van der Waals surface area (Å²) < 4.78 is 22.8. The highest BCUT2D eigenvalue weighted by Gasteiger charge is 2.26. The number of rotatable bonds is 5. The average Bonchev–Trinajstić information content (AvgIpc) is 2.79. The summed E-state index contributed by atoms with van der Waals surface area (Å²) in [5.74, 6) is 0.230. The molecule has 1 saturated heterocycles. The van der Waals surface area contributed by atoms with Crippen LogP contribution < -0.4 is 5.14 Å². The van der Waals surface area contributed by atoms with E-state index in [9.17, 15) is 13.2 Å². The van der Waals surface area contributed by atoms with Gasteiger partial charge < -0.3 is 4.90 Å². The molecule has 1 aliphatic rings. The molecule has 6 nitrogen and oxygen atoms in total. The Morgan fingerprint density at radius 1 is 1.06 bits per heavy atom. The summed E-state index contributed by atoms with van der Waals surface area (Å²) in [6, 6.07) is 20.7. The second-order valence-electron chi connectivity index (χ2n) is 8.33. The van der Waals surface area contributed by atoms with Crippen molar-refractivity contribution in [1.29, 1.82) is 0 Å². The summed E-state index contributed by atoms with van der Waals surface area (Å²) >= 11 is 0. The van der Waals surface area contributed by atoms with Crippen molar-refractivity contribution >= 4 is 15.9 Å². The molecule has 0 unspecified atom stereocenters. The number of benzene rings is 2. The lowest BCUT2D eigenvalue weighted by molar-refractivity contribution is -0.131. The normalized spacial score (nSPS) is 16.7. The zero-order chi connectivity index (χ0) is 22.7. The molecular weight excluding hydrogens is 422 g/mol. The average molecular weight is 450 g/mol. The molecule has 1 fully saturated rings. The Labute approximate surface area is 189 Å². The predicted octanol–water partition coefficient (Wildman–Crippen LogP) is 3.65. The minimum Gasteiger partial charge on any atom is -0.342 e. The van der Waals surface area contributed by atoms with Crippen molar-refractivity contribution in [2.24, 2.45) is 5.14 Å². The second kappa shape index (κ2) is 9.22. The summed E-state index contributed by atoms with van der Waals surface area (Å²) in [6.45, 7) is 3.37. The van der Waals surface area contributed by atoms with E-state index in [0.717, 1.165) is 47.5 Å². The van der Waals surface area contributed by atoms with E-state index in [4.69, 9.17) is 10.1 Å². The molecule has 2 heterocycles. The zero-order valence-corrected chi connectivity index (χ0v) is 18.9. The first-order chi connectivity index (χ1) is 15.3. The lowest BCUT2D eigenvalue weighted by Gasteiger charge is -2.33. The van der Waals surface area contributed by atoms with E-state index < -0.39 is 10.0 Å². The number of likely N-dealkylation sites (tertiary alicyclic amines) is 1. The highest BCUT2D eigenvalue weighted by molar-refractivity contribution is 7.89. The molecule has 1 aromatic heterocycles. The SMILES string of the molecule is Cc1cc(-c2ccccc2)cc([C@H]2CCCN(C(=O)Cc3ccc(S(N)(=O)=O)cc3)C2)n1. The van der Waals surface area contributed by atoms with Crippen LogP contribution in [0.15, 0.2) is 71.6 Å². The molecule has 7 heteroatoms. The maximum atomic E-state index is 12.9. The van der Waals surface area contributed by atoms with Crippen molar-refractivity contribution in [2.45, 2.75) is 37.0 Å². The summed E-state index contributed by atoms with van der Waals surface area (Å²) in [6.07, 6.45) is 2.16. The molecule has 3 aromatic rings. The van der Waals surface area contributed by atoms with Gasteiger partial charge in [0.1, 0.15) is 0 Å². The summed E-state index contributed by atoms with van der Waals surface area (Å²) in [7, 11) is -3.74. The fourth-order valence-corrected chi connectivity index (χ4v) is 4.74. The maximum Gasteiger partial charge on any atom is 0.238 e. The van der Waals surface area contributed by atoms with Crippen LogP contribution >= 0.6 is 0 Å². The van der Waals surface area contributed by atoms with Crippen LogP contribution in [-0.4, -0.2) is 37.3 Å². The molecule has 0 saturated carbocycles. The first-order valence-electron chi connectivity index (χ1n) is 10.7. The summed E-state index contributed by atoms with van der Waals surface area (Å²) in [4.78, 5) is 19.7. The molecule has 2 N–H and O–H groups in total. The fourth-order valence-electron chi connectivity index (χ4n) is 4.23. The number of aryl methyl sites for hydroxylation is 1. The number of nitrogens with zero attached hydrogens (tertiary/aromatic N) is 2. The Hall–Kier alpha value is -3.03. The number of piperidine rings is 1. The van der Waals surface area contributed by atoms with Gasteiger partial charge in [0, 0.05) is 30.4 Å². The number of nitrogens with two attached hydrogens (primary N) is 1. The molecule has 0 spiro atoms. The topological polar surface area (TPSA) is 93.4 Å². The largest absolute Gasteiger partial charge is 0.342 e. The van der Waals surface area contributed by atoms with E-state index >= 15 is 0 Å². The van der Waals surface area contributed by atoms with Crippen LogP contribution in [0.4, 0.5) is 0 Å². The third kappa shape index (κ3) is 5.23. The number of carbonyl (C=O) groups is 1. The van der Waals surface area contributed by atoms with Gasteiger partial charge in [0.2, 0.25) is 15.9 Å². The predicted molar refractivity (Wildman–Crippen MR) is 124 cm³/mol. The van der Waals surface area contributed by atoms with Crippen molar-refractivity contribution in [1.82, 2.24) is 9.88 Å². The van der Waals surface area contributed by atoms with Crippen LogP contribution in [0.3, 0.4) is 0 Å². The zero-order valence-electron chi connectivity index (χ0n) is 18.1. The van der Waals surface area contributed by atoms with Crippen molar-refractivity contribution < 1.29 is 13.2 Å². The van der Waals surface area contributed by atoms with Gasteiger partial charge in [-0.15, -0.1) is 0 Å². The molecule has 32 heavy (non-hydrogen) atoms. The smallest absolute Gasteiger partial charge is 0.238 e.